The van der Waals surface area contributed by atoms with Gasteiger partial charge in [0.2, 0.25) is 15.9 Å². The van der Waals surface area contributed by atoms with Crippen molar-refractivity contribution in [3.05, 3.63) is 58.6 Å². The van der Waals surface area contributed by atoms with Crippen molar-refractivity contribution in [2.45, 2.75) is 39.8 Å². The van der Waals surface area contributed by atoms with Gasteiger partial charge in [0.25, 0.3) is 0 Å². The van der Waals surface area contributed by atoms with E-state index in [2.05, 4.69) is 5.32 Å². The highest BCUT2D eigenvalue weighted by Crippen LogP contribution is 2.27. The molecule has 0 fully saturated rings. The predicted octanol–water partition coefficient (Wildman–Crippen LogP) is 3.91. The van der Waals surface area contributed by atoms with Crippen molar-refractivity contribution >= 4 is 33.2 Å². The first-order valence-electron chi connectivity index (χ1n) is 9.42. The molecule has 0 aliphatic heterocycles. The first-order chi connectivity index (χ1) is 13.7. The summed E-state index contributed by atoms with van der Waals surface area (Å²) in [7, 11) is -3.71. The van der Waals surface area contributed by atoms with Gasteiger partial charge in [0, 0.05) is 11.6 Å². The Hall–Kier alpha value is -2.25. The monoisotopic (exact) mass is 438 g/mol. The number of hydrogen-bond acceptors (Lipinski definition) is 4. The number of sulfonamides is 1. The van der Waals surface area contributed by atoms with Crippen LogP contribution >= 0.6 is 11.6 Å². The molecule has 158 valence electrons. The van der Waals surface area contributed by atoms with Crippen LogP contribution in [0.25, 0.3) is 0 Å². The number of halogens is 1. The minimum Gasteiger partial charge on any atom is -0.494 e. The molecule has 1 atom stereocenters. The van der Waals surface area contributed by atoms with E-state index in [0.29, 0.717) is 23.7 Å². The molecule has 0 heterocycles. The number of ether oxygens (including phenoxy) is 1. The molecule has 2 aromatic carbocycles. The van der Waals surface area contributed by atoms with E-state index < -0.39 is 16.1 Å². The third kappa shape index (κ3) is 6.11. The summed E-state index contributed by atoms with van der Waals surface area (Å²) < 4.78 is 31.6. The first-order valence-corrected chi connectivity index (χ1v) is 11.6. The maximum atomic E-state index is 12.9. The van der Waals surface area contributed by atoms with Gasteiger partial charge in [-0.2, -0.15) is 0 Å². The lowest BCUT2D eigenvalue weighted by Crippen LogP contribution is -2.49. The van der Waals surface area contributed by atoms with E-state index >= 15 is 0 Å². The van der Waals surface area contributed by atoms with Crippen LogP contribution in [0.4, 0.5) is 5.69 Å². The van der Waals surface area contributed by atoms with Crippen LogP contribution in [0.15, 0.2) is 42.5 Å². The summed E-state index contributed by atoms with van der Waals surface area (Å²) in [6.45, 7) is 6.32. The predicted molar refractivity (Wildman–Crippen MR) is 117 cm³/mol. The Morgan fingerprint density at radius 1 is 1.21 bits per heavy atom. The molecule has 2 aromatic rings. The molecule has 0 aliphatic rings. The fourth-order valence-corrected chi connectivity index (χ4v) is 4.38. The third-order valence-corrected chi connectivity index (χ3v) is 6.00. The van der Waals surface area contributed by atoms with Crippen LogP contribution in [0.3, 0.4) is 0 Å². The minimum absolute atomic E-state index is 0.266. The van der Waals surface area contributed by atoms with Crippen LogP contribution in [0.5, 0.6) is 5.75 Å². The lowest BCUT2D eigenvalue weighted by molar-refractivity contribution is -0.122. The standard InChI is InChI=1S/C21H27ClN2O4S/c1-5-20(21(25)23-14-16-8-7-9-18(12-16)28-6-2)24(29(4,26)27)17-11-10-15(3)19(22)13-17/h7-13,20H,5-6,14H2,1-4H3,(H,23,25). The first kappa shape index (κ1) is 23.0. The molecule has 1 amide bonds. The number of aryl methyl sites for hydroxylation is 1. The van der Waals surface area contributed by atoms with Gasteiger partial charge >= 0.3 is 0 Å². The molecule has 1 unspecified atom stereocenters. The lowest BCUT2D eigenvalue weighted by Gasteiger charge is -2.30. The number of rotatable bonds is 9. The second-order valence-corrected chi connectivity index (χ2v) is 8.98. The summed E-state index contributed by atoms with van der Waals surface area (Å²) in [5.74, 6) is 0.342. The van der Waals surface area contributed by atoms with Crippen LogP contribution in [0, 0.1) is 6.92 Å². The van der Waals surface area contributed by atoms with E-state index in [4.69, 9.17) is 16.3 Å². The lowest BCUT2D eigenvalue weighted by atomic mass is 10.1. The number of carbonyl (C=O) groups excluding carboxylic acids is 1. The topological polar surface area (TPSA) is 75.7 Å². The Kier molecular flexibility index (Phi) is 7.93. The van der Waals surface area contributed by atoms with E-state index in [1.165, 1.54) is 0 Å². The van der Waals surface area contributed by atoms with Crippen LogP contribution < -0.4 is 14.4 Å². The van der Waals surface area contributed by atoms with E-state index in [9.17, 15) is 13.2 Å². The number of carbonyl (C=O) groups is 1. The summed E-state index contributed by atoms with van der Waals surface area (Å²) in [5.41, 5.74) is 2.06. The molecule has 1 N–H and O–H groups in total. The van der Waals surface area contributed by atoms with Crippen molar-refractivity contribution < 1.29 is 17.9 Å². The molecule has 2 rings (SSSR count). The Morgan fingerprint density at radius 2 is 1.93 bits per heavy atom. The maximum absolute atomic E-state index is 12.9. The highest BCUT2D eigenvalue weighted by atomic mass is 35.5. The van der Waals surface area contributed by atoms with E-state index in [0.717, 1.165) is 27.4 Å². The van der Waals surface area contributed by atoms with Crippen molar-refractivity contribution in [1.82, 2.24) is 5.32 Å². The van der Waals surface area contributed by atoms with Crippen molar-refractivity contribution in [1.29, 1.82) is 0 Å². The van der Waals surface area contributed by atoms with Gasteiger partial charge in [-0.15, -0.1) is 0 Å². The summed E-state index contributed by atoms with van der Waals surface area (Å²) in [5, 5.41) is 3.28. The number of hydrogen-bond donors (Lipinski definition) is 1. The molecule has 0 bridgehead atoms. The fraction of sp³-hybridized carbons (Fsp3) is 0.381. The zero-order chi connectivity index (χ0) is 21.6. The van der Waals surface area contributed by atoms with E-state index in [1.807, 2.05) is 38.1 Å². The van der Waals surface area contributed by atoms with Gasteiger partial charge in [0.1, 0.15) is 11.8 Å². The highest BCUT2D eigenvalue weighted by molar-refractivity contribution is 7.92. The van der Waals surface area contributed by atoms with Crippen LogP contribution in [0.2, 0.25) is 5.02 Å². The van der Waals surface area contributed by atoms with Crippen LogP contribution in [-0.4, -0.2) is 33.2 Å². The average molecular weight is 439 g/mol. The molecule has 0 aromatic heterocycles. The molecule has 6 nitrogen and oxygen atoms in total. The van der Waals surface area contributed by atoms with Gasteiger partial charge in [-0.1, -0.05) is 36.7 Å². The second-order valence-electron chi connectivity index (χ2n) is 6.71. The van der Waals surface area contributed by atoms with Crippen molar-refractivity contribution in [2.75, 3.05) is 17.2 Å². The quantitative estimate of drug-likeness (QED) is 0.644. The zero-order valence-corrected chi connectivity index (χ0v) is 18.7. The number of amides is 1. The van der Waals surface area contributed by atoms with Crippen LogP contribution in [-0.2, 0) is 21.4 Å². The summed E-state index contributed by atoms with van der Waals surface area (Å²) in [6, 6.07) is 11.5. The maximum Gasteiger partial charge on any atom is 0.244 e. The summed E-state index contributed by atoms with van der Waals surface area (Å²) in [6.07, 6.45) is 1.39. The normalized spacial score (nSPS) is 12.3. The molecule has 29 heavy (non-hydrogen) atoms. The number of nitrogens with one attached hydrogen (secondary N) is 1. The van der Waals surface area contributed by atoms with Crippen LogP contribution in [0.1, 0.15) is 31.4 Å². The second kappa shape index (κ2) is 9.98. The smallest absolute Gasteiger partial charge is 0.244 e. The Morgan fingerprint density at radius 3 is 2.52 bits per heavy atom. The van der Waals surface area contributed by atoms with Crippen molar-refractivity contribution in [3.8, 4) is 5.75 Å². The van der Waals surface area contributed by atoms with E-state index in [1.54, 1.807) is 25.1 Å². The molecule has 0 saturated carbocycles. The number of benzene rings is 2. The zero-order valence-electron chi connectivity index (χ0n) is 17.1. The Balaban J connectivity index is 2.24. The van der Waals surface area contributed by atoms with Gasteiger partial charge in [-0.3, -0.25) is 9.10 Å². The molecule has 0 saturated heterocycles. The fourth-order valence-electron chi connectivity index (χ4n) is 3.00. The van der Waals surface area contributed by atoms with Gasteiger partial charge in [0.15, 0.2) is 0 Å². The molecule has 0 radical (unpaired) electrons. The molecule has 8 heteroatoms. The van der Waals surface area contributed by atoms with Gasteiger partial charge in [0.05, 0.1) is 18.6 Å². The third-order valence-electron chi connectivity index (χ3n) is 4.42. The SMILES string of the molecule is CCOc1cccc(CNC(=O)C(CC)N(c2ccc(C)c(Cl)c2)S(C)(=O)=O)c1. The van der Waals surface area contributed by atoms with Gasteiger partial charge in [-0.25, -0.2) is 8.42 Å². The largest absolute Gasteiger partial charge is 0.494 e. The Bertz CT molecular complexity index is 963. The van der Waals surface area contributed by atoms with Crippen molar-refractivity contribution in [2.24, 2.45) is 0 Å². The van der Waals surface area contributed by atoms with Gasteiger partial charge < -0.3 is 10.1 Å². The summed E-state index contributed by atoms with van der Waals surface area (Å²) >= 11 is 6.18. The molecular weight excluding hydrogens is 412 g/mol. The molecular formula is C21H27ClN2O4S. The average Bonchev–Trinajstić information content (AvgIpc) is 2.66. The van der Waals surface area contributed by atoms with Crippen molar-refractivity contribution in [3.63, 3.8) is 0 Å². The summed E-state index contributed by atoms with van der Waals surface area (Å²) in [4.78, 5) is 12.9. The molecule has 0 aliphatic carbocycles. The molecule has 0 spiro atoms. The van der Waals surface area contributed by atoms with E-state index in [-0.39, 0.29) is 12.5 Å². The number of anilines is 1. The van der Waals surface area contributed by atoms with Gasteiger partial charge in [-0.05, 0) is 55.7 Å². The number of nitrogens with zero attached hydrogens (tertiary/aromatic N) is 1. The minimum atomic E-state index is -3.71. The highest BCUT2D eigenvalue weighted by Gasteiger charge is 2.31. The Labute approximate surface area is 177 Å².